The number of carboxylic acids is 1. The van der Waals surface area contributed by atoms with Gasteiger partial charge in [0.05, 0.1) is 18.1 Å². The van der Waals surface area contributed by atoms with Gasteiger partial charge in [0, 0.05) is 0 Å². The van der Waals surface area contributed by atoms with Gasteiger partial charge in [-0.15, -0.1) is 0 Å². The summed E-state index contributed by atoms with van der Waals surface area (Å²) in [5, 5.41) is 9.85. The number of rotatable bonds is 13. The van der Waals surface area contributed by atoms with E-state index in [0.29, 0.717) is 22.0 Å². The number of hydrogen-bond donors (Lipinski definition) is 1. The molecule has 6 nitrogen and oxygen atoms in total. The maximum Gasteiger partial charge on any atom is 0.331 e. The topological polar surface area (TPSA) is 76.1 Å². The highest BCUT2D eigenvalue weighted by Crippen LogP contribution is 2.39. The van der Waals surface area contributed by atoms with E-state index in [9.17, 15) is 14.7 Å². The van der Waals surface area contributed by atoms with Crippen molar-refractivity contribution in [3.8, 4) is 11.5 Å². The zero-order valence-corrected chi connectivity index (χ0v) is 22.6. The molecule has 1 amide bonds. The monoisotopic (exact) mass is 527 g/mol. The summed E-state index contributed by atoms with van der Waals surface area (Å²) < 4.78 is 11.9. The molecule has 0 spiro atoms. The van der Waals surface area contributed by atoms with E-state index in [4.69, 9.17) is 21.7 Å². The maximum atomic E-state index is 13.2. The highest BCUT2D eigenvalue weighted by molar-refractivity contribution is 8.26. The zero-order chi connectivity index (χ0) is 26.1. The number of thiocarbonyl (C=S) groups is 1. The molecule has 1 aliphatic heterocycles. The van der Waals surface area contributed by atoms with Gasteiger partial charge >= 0.3 is 5.97 Å². The Labute approximate surface area is 222 Å². The minimum absolute atomic E-state index is 0.0635. The molecule has 0 radical (unpaired) electrons. The third-order valence-electron chi connectivity index (χ3n) is 5.96. The molecule has 36 heavy (non-hydrogen) atoms. The molecule has 192 valence electrons. The minimum atomic E-state index is -1.18. The molecule has 1 fully saturated rings. The fourth-order valence-corrected chi connectivity index (χ4v) is 5.39. The van der Waals surface area contributed by atoms with E-state index in [1.54, 1.807) is 43.5 Å². The van der Waals surface area contributed by atoms with Crippen LogP contribution in [0.5, 0.6) is 11.5 Å². The van der Waals surface area contributed by atoms with Crippen LogP contribution in [0.3, 0.4) is 0 Å². The van der Waals surface area contributed by atoms with Gasteiger partial charge in [-0.3, -0.25) is 9.69 Å². The first-order valence-electron chi connectivity index (χ1n) is 12.2. The number of aliphatic carboxylic acids is 1. The molecule has 2 atom stereocenters. The molecule has 2 unspecified atom stereocenters. The van der Waals surface area contributed by atoms with E-state index in [-0.39, 0.29) is 10.4 Å². The van der Waals surface area contributed by atoms with Crippen molar-refractivity contribution in [2.24, 2.45) is 0 Å². The largest absolute Gasteiger partial charge is 0.493 e. The molecule has 0 saturated carbocycles. The van der Waals surface area contributed by atoms with E-state index in [2.05, 4.69) is 13.8 Å². The highest BCUT2D eigenvalue weighted by atomic mass is 32.2. The van der Waals surface area contributed by atoms with Crippen LogP contribution in [-0.2, 0) is 9.59 Å². The van der Waals surface area contributed by atoms with Crippen LogP contribution in [0.15, 0.2) is 53.4 Å². The quantitative estimate of drug-likeness (QED) is 0.173. The predicted molar refractivity (Wildman–Crippen MR) is 148 cm³/mol. The van der Waals surface area contributed by atoms with Gasteiger partial charge in [0.25, 0.3) is 5.91 Å². The molecule has 1 aliphatic rings. The summed E-state index contributed by atoms with van der Waals surface area (Å²) in [4.78, 5) is 26.8. The van der Waals surface area contributed by atoms with Gasteiger partial charge in [-0.2, -0.15) is 0 Å². The molecular formula is C28H33NO5S2. The van der Waals surface area contributed by atoms with Gasteiger partial charge in [0.15, 0.2) is 17.5 Å². The normalized spacial score (nSPS) is 16.3. The average Bonchev–Trinajstić information content (AvgIpc) is 3.13. The van der Waals surface area contributed by atoms with Crippen LogP contribution in [0.4, 0.5) is 0 Å². The Hall–Kier alpha value is -2.84. The van der Waals surface area contributed by atoms with Gasteiger partial charge < -0.3 is 14.6 Å². The van der Waals surface area contributed by atoms with Crippen molar-refractivity contribution in [3.05, 3.63) is 64.6 Å². The van der Waals surface area contributed by atoms with Crippen molar-refractivity contribution in [1.29, 1.82) is 0 Å². The van der Waals surface area contributed by atoms with Crippen LogP contribution in [0, 0.1) is 0 Å². The van der Waals surface area contributed by atoms with Crippen LogP contribution in [0.1, 0.15) is 69.5 Å². The fraction of sp³-hybridized carbons (Fsp3) is 0.393. The molecule has 0 bridgehead atoms. The molecule has 0 aliphatic carbocycles. The Kier molecular flexibility index (Phi) is 10.4. The lowest BCUT2D eigenvalue weighted by Gasteiger charge is -2.23. The molecule has 1 saturated heterocycles. The lowest BCUT2D eigenvalue weighted by molar-refractivity contribution is -0.145. The van der Waals surface area contributed by atoms with Crippen LogP contribution >= 0.6 is 24.0 Å². The Morgan fingerprint density at radius 3 is 2.50 bits per heavy atom. The first kappa shape index (κ1) is 27.7. The summed E-state index contributed by atoms with van der Waals surface area (Å²) in [7, 11) is 1.58. The minimum Gasteiger partial charge on any atom is -0.493 e. The van der Waals surface area contributed by atoms with Crippen molar-refractivity contribution in [3.63, 3.8) is 0 Å². The maximum absolute atomic E-state index is 13.2. The smallest absolute Gasteiger partial charge is 0.331 e. The molecule has 3 rings (SSSR count). The van der Waals surface area contributed by atoms with Crippen molar-refractivity contribution in [1.82, 2.24) is 4.90 Å². The van der Waals surface area contributed by atoms with Crippen LogP contribution < -0.4 is 9.47 Å². The third kappa shape index (κ3) is 7.11. The van der Waals surface area contributed by atoms with Gasteiger partial charge in [-0.25, -0.2) is 4.79 Å². The second kappa shape index (κ2) is 13.5. The number of nitrogens with zero attached hydrogens (tertiary/aromatic N) is 1. The van der Waals surface area contributed by atoms with E-state index in [1.807, 2.05) is 18.2 Å². The van der Waals surface area contributed by atoms with Crippen LogP contribution in [-0.4, -0.2) is 39.4 Å². The molecule has 8 heteroatoms. The lowest BCUT2D eigenvalue weighted by Crippen LogP contribution is -2.37. The predicted octanol–water partition coefficient (Wildman–Crippen LogP) is 6.85. The fourth-order valence-electron chi connectivity index (χ4n) is 4.07. The zero-order valence-electron chi connectivity index (χ0n) is 20.9. The average molecular weight is 528 g/mol. The van der Waals surface area contributed by atoms with E-state index < -0.39 is 17.9 Å². The van der Waals surface area contributed by atoms with Gasteiger partial charge in [0.2, 0.25) is 0 Å². The number of unbranched alkanes of at least 4 members (excludes halogenated alkanes) is 4. The Morgan fingerprint density at radius 2 is 1.83 bits per heavy atom. The number of benzene rings is 2. The van der Waals surface area contributed by atoms with E-state index in [1.165, 1.54) is 30.6 Å². The second-order valence-corrected chi connectivity index (χ2v) is 10.4. The molecule has 1 N–H and O–H groups in total. The van der Waals surface area contributed by atoms with Crippen LogP contribution in [0.2, 0.25) is 0 Å². The van der Waals surface area contributed by atoms with Crippen molar-refractivity contribution in [2.45, 2.75) is 64.5 Å². The second-order valence-electron chi connectivity index (χ2n) is 8.74. The summed E-state index contributed by atoms with van der Waals surface area (Å²) >= 11 is 6.49. The third-order valence-corrected chi connectivity index (χ3v) is 7.29. The number of carbonyl (C=O) groups excluding carboxylic acids is 1. The van der Waals surface area contributed by atoms with Crippen LogP contribution in [0.25, 0.3) is 6.08 Å². The van der Waals surface area contributed by atoms with Crippen molar-refractivity contribution in [2.75, 3.05) is 7.11 Å². The van der Waals surface area contributed by atoms with E-state index in [0.717, 1.165) is 30.2 Å². The first-order valence-corrected chi connectivity index (χ1v) is 13.5. The summed E-state index contributed by atoms with van der Waals surface area (Å²) in [6.45, 7) is 4.27. The number of hydrogen-bond acceptors (Lipinski definition) is 6. The summed E-state index contributed by atoms with van der Waals surface area (Å²) in [5.74, 6) is -0.346. The summed E-state index contributed by atoms with van der Waals surface area (Å²) in [5.41, 5.74) is 1.23. The molecular weight excluding hydrogens is 494 g/mol. The number of carbonyl (C=O) groups is 2. The molecule has 2 aromatic rings. The van der Waals surface area contributed by atoms with Gasteiger partial charge in [0.1, 0.15) is 4.32 Å². The van der Waals surface area contributed by atoms with Crippen molar-refractivity contribution < 1.29 is 24.2 Å². The Morgan fingerprint density at radius 1 is 1.11 bits per heavy atom. The molecule has 1 heterocycles. The molecule has 0 aromatic heterocycles. The number of thioether (sulfide) groups is 1. The Bertz CT molecular complexity index is 1100. The first-order chi connectivity index (χ1) is 17.3. The summed E-state index contributed by atoms with van der Waals surface area (Å²) in [6, 6.07) is 12.9. The van der Waals surface area contributed by atoms with Gasteiger partial charge in [-0.05, 0) is 49.1 Å². The summed E-state index contributed by atoms with van der Waals surface area (Å²) in [6.07, 6.45) is 8.84. The SMILES string of the molecule is CCCCCCCC(C)Oc1ccc(/C=C2/SC(=S)N(C(C(=O)O)c3ccccc3)C2=O)cc1OC. The standard InChI is InChI=1S/C28H33NO5S2/c1-4-5-6-7-9-12-19(2)34-22-16-15-20(17-23(22)33-3)18-24-26(30)29(28(35)36-24)25(27(31)32)21-13-10-8-11-14-21/h8,10-11,13-19,25H,4-7,9,12H2,1-3H3,(H,31,32)/b24-18+. The number of methoxy groups -OCH3 is 1. The van der Waals surface area contributed by atoms with Crippen molar-refractivity contribution >= 4 is 46.3 Å². The number of ether oxygens (including phenoxy) is 2. The molecule has 2 aromatic carbocycles. The lowest BCUT2D eigenvalue weighted by atomic mass is 10.1. The Balaban J connectivity index is 1.73. The highest BCUT2D eigenvalue weighted by Gasteiger charge is 2.41. The van der Waals surface area contributed by atoms with E-state index >= 15 is 0 Å². The van der Waals surface area contributed by atoms with Gasteiger partial charge in [-0.1, -0.05) is 93.0 Å². The number of carboxylic acid groups (broad SMARTS) is 1. The number of amides is 1.